The third-order valence-corrected chi connectivity index (χ3v) is 8.38. The van der Waals surface area contributed by atoms with Crippen LogP contribution in [-0.4, -0.2) is 22.8 Å². The number of hydrogen-bond donors (Lipinski definition) is 1. The molecule has 4 aliphatic rings. The van der Waals surface area contributed by atoms with E-state index in [1.54, 1.807) is 6.92 Å². The first-order chi connectivity index (χ1) is 11.3. The number of carbonyl (C=O) groups is 2. The summed E-state index contributed by atoms with van der Waals surface area (Å²) in [6, 6.07) is 0. The van der Waals surface area contributed by atoms with Crippen LogP contribution in [0.2, 0.25) is 0 Å². The Morgan fingerprint density at radius 1 is 1.21 bits per heavy atom. The molecule has 3 heteroatoms. The molecule has 0 heterocycles. The van der Waals surface area contributed by atoms with Gasteiger partial charge in [-0.25, -0.2) is 0 Å². The minimum Gasteiger partial charge on any atom is -0.393 e. The molecule has 7 atom stereocenters. The number of aliphatic hydroxyl groups excluding tert-OH is 1. The lowest BCUT2D eigenvalue weighted by Gasteiger charge is -2.59. The van der Waals surface area contributed by atoms with Gasteiger partial charge in [-0.05, 0) is 80.1 Å². The second kappa shape index (κ2) is 5.27. The number of aliphatic hydroxyl groups is 1. The second-order valence-electron chi connectivity index (χ2n) is 9.41. The second-order valence-corrected chi connectivity index (χ2v) is 9.41. The molecule has 3 nitrogen and oxygen atoms in total. The first kappa shape index (κ1) is 16.5. The zero-order valence-corrected chi connectivity index (χ0v) is 15.2. The van der Waals surface area contributed by atoms with Gasteiger partial charge in [0.15, 0.2) is 5.78 Å². The van der Waals surface area contributed by atoms with Gasteiger partial charge >= 0.3 is 0 Å². The first-order valence-corrected chi connectivity index (χ1v) is 9.70. The summed E-state index contributed by atoms with van der Waals surface area (Å²) >= 11 is 0. The highest BCUT2D eigenvalue weighted by molar-refractivity contribution is 5.91. The summed E-state index contributed by atoms with van der Waals surface area (Å²) in [6.07, 6.45) is 7.97. The number of fused-ring (bicyclic) bond motifs is 5. The van der Waals surface area contributed by atoms with Crippen LogP contribution in [0, 0.1) is 34.5 Å². The van der Waals surface area contributed by atoms with Gasteiger partial charge in [-0.2, -0.15) is 0 Å². The zero-order chi connectivity index (χ0) is 17.3. The molecule has 0 aromatic carbocycles. The molecule has 3 fully saturated rings. The van der Waals surface area contributed by atoms with Gasteiger partial charge in [-0.15, -0.1) is 0 Å². The van der Waals surface area contributed by atoms with E-state index < -0.39 is 0 Å². The van der Waals surface area contributed by atoms with Crippen LogP contribution < -0.4 is 0 Å². The van der Waals surface area contributed by atoms with Gasteiger partial charge in [0, 0.05) is 12.3 Å². The smallest absolute Gasteiger partial charge is 0.155 e. The Bertz CT molecular complexity index is 621. The van der Waals surface area contributed by atoms with E-state index in [-0.39, 0.29) is 34.6 Å². The van der Waals surface area contributed by atoms with E-state index in [9.17, 15) is 14.7 Å². The van der Waals surface area contributed by atoms with E-state index in [4.69, 9.17) is 0 Å². The Morgan fingerprint density at radius 2 is 1.96 bits per heavy atom. The molecule has 0 radical (unpaired) electrons. The van der Waals surface area contributed by atoms with E-state index in [0.29, 0.717) is 24.0 Å². The maximum atomic E-state index is 12.2. The quantitative estimate of drug-likeness (QED) is 0.797. The van der Waals surface area contributed by atoms with E-state index in [2.05, 4.69) is 13.8 Å². The lowest BCUT2D eigenvalue weighted by Crippen LogP contribution is -2.56. The largest absolute Gasteiger partial charge is 0.393 e. The van der Waals surface area contributed by atoms with E-state index in [0.717, 1.165) is 38.5 Å². The van der Waals surface area contributed by atoms with Crippen molar-refractivity contribution in [2.24, 2.45) is 34.5 Å². The van der Waals surface area contributed by atoms with Crippen molar-refractivity contribution in [1.29, 1.82) is 0 Å². The molecule has 0 aliphatic heterocycles. The van der Waals surface area contributed by atoms with Crippen LogP contribution in [0.4, 0.5) is 0 Å². The predicted octanol–water partition coefficient (Wildman–Crippen LogP) is 3.69. The first-order valence-electron chi connectivity index (χ1n) is 9.70. The lowest BCUT2D eigenvalue weighted by molar-refractivity contribution is -0.143. The van der Waals surface area contributed by atoms with Crippen molar-refractivity contribution in [3.63, 3.8) is 0 Å². The fourth-order valence-electron chi connectivity index (χ4n) is 7.35. The van der Waals surface area contributed by atoms with Gasteiger partial charge in [0.05, 0.1) is 6.10 Å². The molecule has 0 aromatic heterocycles. The number of hydrogen-bond acceptors (Lipinski definition) is 3. The molecular weight excluding hydrogens is 300 g/mol. The maximum absolute atomic E-state index is 12.2. The number of rotatable bonds is 1. The molecule has 132 valence electrons. The van der Waals surface area contributed by atoms with Crippen LogP contribution >= 0.6 is 0 Å². The number of Topliss-reactive ketones (excluding diaryl/α,β-unsaturated/α-hetero) is 1. The van der Waals surface area contributed by atoms with Crippen LogP contribution in [0.1, 0.15) is 65.7 Å². The Morgan fingerprint density at radius 3 is 2.67 bits per heavy atom. The molecule has 0 unspecified atom stereocenters. The van der Waals surface area contributed by atoms with Gasteiger partial charge < -0.3 is 5.11 Å². The SMILES string of the molecule is CC(=O)[C@H]1CC[C@@H]2[C@@H]3CCC4=CC(=O)CC[C@@]4(C)[C@@H]3[C@H](O)C[C@]12C. The van der Waals surface area contributed by atoms with Crippen molar-refractivity contribution < 1.29 is 14.7 Å². The number of ketones is 2. The van der Waals surface area contributed by atoms with Gasteiger partial charge in [0.1, 0.15) is 5.78 Å². The van der Waals surface area contributed by atoms with Crippen molar-refractivity contribution in [2.45, 2.75) is 71.8 Å². The van der Waals surface area contributed by atoms with Crippen molar-refractivity contribution in [3.8, 4) is 0 Å². The molecule has 24 heavy (non-hydrogen) atoms. The Hall–Kier alpha value is -0.960. The van der Waals surface area contributed by atoms with Crippen molar-refractivity contribution >= 4 is 11.6 Å². The van der Waals surface area contributed by atoms with Crippen molar-refractivity contribution in [1.82, 2.24) is 0 Å². The van der Waals surface area contributed by atoms with Gasteiger partial charge in [-0.3, -0.25) is 9.59 Å². The summed E-state index contributed by atoms with van der Waals surface area (Å²) in [6.45, 7) is 6.27. The maximum Gasteiger partial charge on any atom is 0.155 e. The molecule has 0 amide bonds. The highest BCUT2D eigenvalue weighted by Crippen LogP contribution is 2.66. The van der Waals surface area contributed by atoms with E-state index >= 15 is 0 Å². The number of allylic oxidation sites excluding steroid dienone is 1. The fraction of sp³-hybridized carbons (Fsp3) is 0.810. The summed E-state index contributed by atoms with van der Waals surface area (Å²) in [7, 11) is 0. The predicted molar refractivity (Wildman–Crippen MR) is 92.3 cm³/mol. The molecule has 4 aliphatic carbocycles. The molecule has 0 spiro atoms. The summed E-state index contributed by atoms with van der Waals surface area (Å²) in [5.41, 5.74) is 1.23. The highest BCUT2D eigenvalue weighted by Gasteiger charge is 2.62. The molecule has 0 aromatic rings. The van der Waals surface area contributed by atoms with Gasteiger partial charge in [0.2, 0.25) is 0 Å². The molecular formula is C21H30O3. The molecule has 4 rings (SSSR count). The zero-order valence-electron chi connectivity index (χ0n) is 15.2. The van der Waals surface area contributed by atoms with Crippen LogP contribution in [-0.2, 0) is 9.59 Å². The summed E-state index contributed by atoms with van der Waals surface area (Å²) < 4.78 is 0. The van der Waals surface area contributed by atoms with E-state index in [1.807, 2.05) is 6.08 Å². The monoisotopic (exact) mass is 330 g/mol. The summed E-state index contributed by atoms with van der Waals surface area (Å²) in [5.74, 6) is 1.99. The fourth-order valence-corrected chi connectivity index (χ4v) is 7.35. The third kappa shape index (κ3) is 2.06. The number of carbonyl (C=O) groups excluding carboxylic acids is 2. The van der Waals surface area contributed by atoms with Crippen LogP contribution in [0.15, 0.2) is 11.6 Å². The minimum absolute atomic E-state index is 0.0219. The Labute approximate surface area is 144 Å². The summed E-state index contributed by atoms with van der Waals surface area (Å²) in [5, 5.41) is 11.2. The van der Waals surface area contributed by atoms with Crippen molar-refractivity contribution in [2.75, 3.05) is 0 Å². The summed E-state index contributed by atoms with van der Waals surface area (Å²) in [4.78, 5) is 24.0. The van der Waals surface area contributed by atoms with Gasteiger partial charge in [-0.1, -0.05) is 19.4 Å². The molecule has 3 saturated carbocycles. The molecule has 0 bridgehead atoms. The average molecular weight is 330 g/mol. The molecule has 1 N–H and O–H groups in total. The van der Waals surface area contributed by atoms with Crippen LogP contribution in [0.5, 0.6) is 0 Å². The average Bonchev–Trinajstić information content (AvgIpc) is 2.84. The Balaban J connectivity index is 1.72. The third-order valence-electron chi connectivity index (χ3n) is 8.38. The van der Waals surface area contributed by atoms with Crippen LogP contribution in [0.25, 0.3) is 0 Å². The topological polar surface area (TPSA) is 54.4 Å². The van der Waals surface area contributed by atoms with Gasteiger partial charge in [0.25, 0.3) is 0 Å². The van der Waals surface area contributed by atoms with Crippen LogP contribution in [0.3, 0.4) is 0 Å². The minimum atomic E-state index is -0.349. The molecule has 0 saturated heterocycles. The highest BCUT2D eigenvalue weighted by atomic mass is 16.3. The standard InChI is InChI=1S/C21H30O3/c1-12(22)16-6-7-17-15-5-4-13-10-14(23)8-9-20(13,2)19(15)18(24)11-21(16,17)3/h10,15-19,24H,4-9,11H2,1-3H3/t15-,16+,17+,18+,19-,20+,21+/m0/s1. The van der Waals surface area contributed by atoms with E-state index in [1.165, 1.54) is 5.57 Å². The lowest BCUT2D eigenvalue weighted by atomic mass is 9.46. The Kier molecular flexibility index (Phi) is 3.62. The normalized spacial score (nSPS) is 50.6. The van der Waals surface area contributed by atoms with Crippen molar-refractivity contribution in [3.05, 3.63) is 11.6 Å².